The fraction of sp³-hybridized carbons (Fsp3) is 0.412. The molecule has 2 N–H and O–H groups in total. The van der Waals surface area contributed by atoms with Crippen LogP contribution in [0.2, 0.25) is 5.02 Å². The van der Waals surface area contributed by atoms with Gasteiger partial charge >= 0.3 is 0 Å². The van der Waals surface area contributed by atoms with Gasteiger partial charge in [-0.05, 0) is 52.8 Å². The highest BCUT2D eigenvalue weighted by Crippen LogP contribution is 2.24. The number of halogens is 1. The van der Waals surface area contributed by atoms with E-state index < -0.39 is 21.5 Å². The number of anilines is 1. The van der Waals surface area contributed by atoms with E-state index in [1.54, 1.807) is 37.7 Å². The minimum absolute atomic E-state index is 0.0468. The summed E-state index contributed by atoms with van der Waals surface area (Å²) < 4.78 is 29.3. The number of carbonyl (C=O) groups excluding carboxylic acids is 1. The Morgan fingerprint density at radius 1 is 1.23 bits per heavy atom. The number of aromatic nitrogens is 2. The number of amides is 1. The number of sulfonamides is 1. The number of nitrogens with zero attached hydrogens (tertiary/aromatic N) is 2. The van der Waals surface area contributed by atoms with Crippen molar-refractivity contribution in [3.05, 3.63) is 41.0 Å². The minimum atomic E-state index is -3.87. The highest BCUT2D eigenvalue weighted by Gasteiger charge is 2.25. The van der Waals surface area contributed by atoms with Crippen molar-refractivity contribution in [2.45, 2.75) is 51.1 Å². The highest BCUT2D eigenvalue weighted by molar-refractivity contribution is 7.89. The number of hydrogen-bond donors (Lipinski definition) is 2. The monoisotopic (exact) mass is 398 g/mol. The summed E-state index contributed by atoms with van der Waals surface area (Å²) in [7, 11) is -3.87. The van der Waals surface area contributed by atoms with Gasteiger partial charge in [-0.25, -0.2) is 17.8 Å². The Bertz CT molecular complexity index is 914. The molecule has 9 heteroatoms. The molecule has 0 saturated heterocycles. The lowest BCUT2D eigenvalue weighted by Crippen LogP contribution is -2.40. The number of nitrogens with one attached hydrogen (secondary N) is 2. The summed E-state index contributed by atoms with van der Waals surface area (Å²) in [5.74, 6) is 0.0773. The lowest BCUT2D eigenvalue weighted by atomic mass is 10.1. The van der Waals surface area contributed by atoms with Gasteiger partial charge in [0.25, 0.3) is 5.91 Å². The van der Waals surface area contributed by atoms with E-state index in [0.29, 0.717) is 5.82 Å². The average molecular weight is 399 g/mol. The smallest absolute Gasteiger partial charge is 0.256 e. The van der Waals surface area contributed by atoms with Crippen molar-refractivity contribution in [1.29, 1.82) is 0 Å². The molecule has 0 aliphatic rings. The second-order valence-electron chi connectivity index (χ2n) is 7.21. The first-order valence-corrected chi connectivity index (χ1v) is 9.95. The maximum absolute atomic E-state index is 12.6. The van der Waals surface area contributed by atoms with Gasteiger partial charge < -0.3 is 5.32 Å². The second-order valence-corrected chi connectivity index (χ2v) is 9.27. The largest absolute Gasteiger partial charge is 0.307 e. The Morgan fingerprint density at radius 3 is 2.46 bits per heavy atom. The van der Waals surface area contributed by atoms with Crippen LogP contribution in [0.25, 0.3) is 0 Å². The summed E-state index contributed by atoms with van der Waals surface area (Å²) in [6.45, 7) is 9.05. The first-order valence-electron chi connectivity index (χ1n) is 8.09. The van der Waals surface area contributed by atoms with Crippen molar-refractivity contribution in [2.24, 2.45) is 0 Å². The van der Waals surface area contributed by atoms with Crippen LogP contribution >= 0.6 is 11.6 Å². The molecule has 0 bridgehead atoms. The zero-order valence-corrected chi connectivity index (χ0v) is 16.9. The molecule has 1 aromatic heterocycles. The summed E-state index contributed by atoms with van der Waals surface area (Å²) in [4.78, 5) is 12.4. The van der Waals surface area contributed by atoms with Gasteiger partial charge in [0.2, 0.25) is 10.0 Å². The highest BCUT2D eigenvalue weighted by atomic mass is 35.5. The SMILES string of the molecule is CC(C)n1nccc1NC(=O)c1ccc(Cl)c(S(=O)(=O)NC(C)(C)C)c1. The molecule has 1 aromatic carbocycles. The standard InChI is InChI=1S/C17H23ClN4O3S/c1-11(2)22-15(8-9-19-22)20-16(23)12-6-7-13(18)14(10-12)26(24,25)21-17(3,4)5/h6-11,21H,1-5H3,(H,20,23). The van der Waals surface area contributed by atoms with Gasteiger partial charge in [0.15, 0.2) is 0 Å². The third-order valence-electron chi connectivity index (χ3n) is 3.32. The maximum Gasteiger partial charge on any atom is 0.256 e. The molecule has 1 amide bonds. The molecule has 0 aliphatic heterocycles. The molecule has 0 fully saturated rings. The van der Waals surface area contributed by atoms with Gasteiger partial charge in [-0.15, -0.1) is 0 Å². The van der Waals surface area contributed by atoms with Crippen LogP contribution < -0.4 is 10.0 Å². The molecule has 0 unspecified atom stereocenters. The molecule has 2 rings (SSSR count). The van der Waals surface area contributed by atoms with E-state index in [9.17, 15) is 13.2 Å². The summed E-state index contributed by atoms with van der Waals surface area (Å²) in [6.07, 6.45) is 1.58. The number of carbonyl (C=O) groups is 1. The van der Waals surface area contributed by atoms with Gasteiger partial charge in [0.05, 0.1) is 11.2 Å². The molecule has 0 saturated carbocycles. The van der Waals surface area contributed by atoms with E-state index >= 15 is 0 Å². The first-order chi connectivity index (χ1) is 11.9. The molecule has 142 valence electrons. The normalized spacial score (nSPS) is 12.4. The summed E-state index contributed by atoms with van der Waals surface area (Å²) in [5, 5.41) is 6.93. The average Bonchev–Trinajstić information content (AvgIpc) is 2.93. The van der Waals surface area contributed by atoms with Crippen LogP contribution in [0.4, 0.5) is 5.82 Å². The van der Waals surface area contributed by atoms with Crippen molar-refractivity contribution < 1.29 is 13.2 Å². The Morgan fingerprint density at radius 2 is 1.88 bits per heavy atom. The van der Waals surface area contributed by atoms with Crippen LogP contribution in [-0.4, -0.2) is 29.6 Å². The summed E-state index contributed by atoms with van der Waals surface area (Å²) in [6, 6.07) is 5.88. The Hall–Kier alpha value is -1.90. The predicted molar refractivity (Wildman–Crippen MR) is 102 cm³/mol. The maximum atomic E-state index is 12.6. The molecule has 26 heavy (non-hydrogen) atoms. The van der Waals surface area contributed by atoms with Gasteiger partial charge in [0, 0.05) is 23.2 Å². The minimum Gasteiger partial charge on any atom is -0.307 e. The zero-order valence-electron chi connectivity index (χ0n) is 15.4. The van der Waals surface area contributed by atoms with E-state index in [2.05, 4.69) is 15.1 Å². The van der Waals surface area contributed by atoms with Gasteiger partial charge in [-0.3, -0.25) is 4.79 Å². The van der Waals surface area contributed by atoms with Crippen molar-refractivity contribution in [3.63, 3.8) is 0 Å². The van der Waals surface area contributed by atoms with E-state index in [1.165, 1.54) is 18.2 Å². The third-order valence-corrected chi connectivity index (χ3v) is 5.56. The van der Waals surface area contributed by atoms with Crippen LogP contribution in [0, 0.1) is 0 Å². The van der Waals surface area contributed by atoms with Crippen molar-refractivity contribution in [2.75, 3.05) is 5.32 Å². The molecule has 0 aliphatic carbocycles. The number of benzene rings is 1. The van der Waals surface area contributed by atoms with E-state index in [4.69, 9.17) is 11.6 Å². The van der Waals surface area contributed by atoms with Gasteiger partial charge in [-0.2, -0.15) is 5.10 Å². The van der Waals surface area contributed by atoms with Gasteiger partial charge in [0.1, 0.15) is 10.7 Å². The topological polar surface area (TPSA) is 93.1 Å². The Labute approximate surface area is 158 Å². The lowest BCUT2D eigenvalue weighted by molar-refractivity contribution is 0.102. The Kier molecular flexibility index (Phi) is 5.79. The predicted octanol–water partition coefficient (Wildman–Crippen LogP) is 3.45. The molecule has 0 atom stereocenters. The molecular weight excluding hydrogens is 376 g/mol. The molecular formula is C17H23ClN4O3S. The summed E-state index contributed by atoms with van der Waals surface area (Å²) in [5.41, 5.74) is -0.496. The number of hydrogen-bond acceptors (Lipinski definition) is 4. The van der Waals surface area contributed by atoms with Crippen LogP contribution in [0.15, 0.2) is 35.4 Å². The summed E-state index contributed by atoms with van der Waals surface area (Å²) >= 11 is 6.06. The molecule has 0 spiro atoms. The number of rotatable bonds is 5. The van der Waals surface area contributed by atoms with Crippen LogP contribution in [0.5, 0.6) is 0 Å². The van der Waals surface area contributed by atoms with E-state index in [-0.39, 0.29) is 21.5 Å². The van der Waals surface area contributed by atoms with E-state index in [0.717, 1.165) is 0 Å². The third kappa shape index (κ3) is 4.84. The van der Waals surface area contributed by atoms with Crippen molar-refractivity contribution >= 4 is 33.3 Å². The quantitative estimate of drug-likeness (QED) is 0.806. The molecule has 0 radical (unpaired) electrons. The lowest BCUT2D eigenvalue weighted by Gasteiger charge is -2.21. The second kappa shape index (κ2) is 7.38. The van der Waals surface area contributed by atoms with Gasteiger partial charge in [-0.1, -0.05) is 11.6 Å². The van der Waals surface area contributed by atoms with Crippen molar-refractivity contribution in [3.8, 4) is 0 Å². The first kappa shape index (κ1) is 20.4. The van der Waals surface area contributed by atoms with Crippen molar-refractivity contribution in [1.82, 2.24) is 14.5 Å². The van der Waals surface area contributed by atoms with E-state index in [1.807, 2.05) is 13.8 Å². The molecule has 1 heterocycles. The Balaban J connectivity index is 2.34. The zero-order chi connectivity index (χ0) is 19.7. The van der Waals surface area contributed by atoms with Crippen LogP contribution in [0.1, 0.15) is 51.0 Å². The fourth-order valence-corrected chi connectivity index (χ4v) is 4.27. The van der Waals surface area contributed by atoms with Crippen LogP contribution in [-0.2, 0) is 10.0 Å². The fourth-order valence-electron chi connectivity index (χ4n) is 2.32. The van der Waals surface area contributed by atoms with Crippen LogP contribution in [0.3, 0.4) is 0 Å². The molecule has 2 aromatic rings. The molecule has 7 nitrogen and oxygen atoms in total.